The van der Waals surface area contributed by atoms with E-state index < -0.39 is 5.97 Å². The number of hydrogen-bond donors (Lipinski definition) is 1. The zero-order chi connectivity index (χ0) is 14.0. The van der Waals surface area contributed by atoms with Crippen LogP contribution in [0.3, 0.4) is 0 Å². The molecule has 0 radical (unpaired) electrons. The molecule has 1 aliphatic rings. The second kappa shape index (κ2) is 5.42. The fourth-order valence-electron chi connectivity index (χ4n) is 2.54. The largest absolute Gasteiger partial charge is 0.481 e. The Morgan fingerprint density at radius 2 is 2.26 bits per heavy atom. The van der Waals surface area contributed by atoms with Crippen LogP contribution in [0, 0.1) is 12.8 Å². The summed E-state index contributed by atoms with van der Waals surface area (Å²) in [4.78, 5) is 24.9. The number of carboxylic acids is 1. The molecule has 0 spiro atoms. The summed E-state index contributed by atoms with van der Waals surface area (Å²) in [5.41, 5.74) is 1.45. The van der Waals surface area contributed by atoms with Crippen molar-refractivity contribution >= 4 is 11.9 Å². The summed E-state index contributed by atoms with van der Waals surface area (Å²) in [5.74, 6) is -0.773. The number of amides is 1. The Bertz CT molecular complexity index is 495. The van der Waals surface area contributed by atoms with E-state index in [0.29, 0.717) is 18.7 Å². The molecule has 1 amide bonds. The molecule has 0 aliphatic carbocycles. The van der Waals surface area contributed by atoms with Crippen molar-refractivity contribution in [3.8, 4) is 0 Å². The average Bonchev–Trinajstić information content (AvgIpc) is 2.69. The number of aliphatic carboxylic acids is 1. The van der Waals surface area contributed by atoms with Crippen molar-refractivity contribution in [1.82, 2.24) is 14.7 Å². The lowest BCUT2D eigenvalue weighted by molar-refractivity contribution is -0.138. The Morgan fingerprint density at radius 1 is 1.53 bits per heavy atom. The molecule has 1 unspecified atom stereocenters. The fraction of sp³-hybridized carbons (Fsp3) is 0.615. The van der Waals surface area contributed by atoms with Gasteiger partial charge in [-0.25, -0.2) is 0 Å². The van der Waals surface area contributed by atoms with Crippen LogP contribution in [0.15, 0.2) is 6.20 Å². The monoisotopic (exact) mass is 265 g/mol. The Hall–Kier alpha value is -1.85. The molecule has 1 aromatic rings. The minimum Gasteiger partial charge on any atom is -0.481 e. The Kier molecular flexibility index (Phi) is 3.87. The van der Waals surface area contributed by atoms with E-state index in [1.165, 1.54) is 0 Å². The smallest absolute Gasteiger partial charge is 0.303 e. The lowest BCUT2D eigenvalue weighted by Crippen LogP contribution is -2.40. The maximum atomic E-state index is 12.4. The number of carbonyl (C=O) groups is 2. The molecular weight excluding hydrogens is 246 g/mol. The van der Waals surface area contributed by atoms with Crippen LogP contribution < -0.4 is 0 Å². The highest BCUT2D eigenvalue weighted by atomic mass is 16.4. The molecule has 6 heteroatoms. The van der Waals surface area contributed by atoms with Gasteiger partial charge in [0, 0.05) is 32.3 Å². The second-order valence-electron chi connectivity index (χ2n) is 5.12. The number of aryl methyl sites for hydroxylation is 1. The molecule has 1 aliphatic heterocycles. The molecule has 104 valence electrons. The van der Waals surface area contributed by atoms with Crippen molar-refractivity contribution in [2.75, 3.05) is 13.1 Å². The predicted octanol–water partition coefficient (Wildman–Crippen LogP) is 1.06. The van der Waals surface area contributed by atoms with E-state index in [1.807, 2.05) is 6.92 Å². The average molecular weight is 265 g/mol. The van der Waals surface area contributed by atoms with Gasteiger partial charge < -0.3 is 10.0 Å². The highest BCUT2D eigenvalue weighted by Crippen LogP contribution is 2.22. The molecule has 0 aromatic carbocycles. The number of nitrogens with zero attached hydrogens (tertiary/aromatic N) is 3. The van der Waals surface area contributed by atoms with Crippen LogP contribution in [0.5, 0.6) is 0 Å². The Labute approximate surface area is 112 Å². The van der Waals surface area contributed by atoms with Gasteiger partial charge in [-0.05, 0) is 25.7 Å². The zero-order valence-corrected chi connectivity index (χ0v) is 11.3. The van der Waals surface area contributed by atoms with E-state index >= 15 is 0 Å². The van der Waals surface area contributed by atoms with Crippen molar-refractivity contribution in [3.05, 3.63) is 17.5 Å². The summed E-state index contributed by atoms with van der Waals surface area (Å²) in [6, 6.07) is 0. The summed E-state index contributed by atoms with van der Waals surface area (Å²) in [6.45, 7) is 3.08. The van der Waals surface area contributed by atoms with Crippen molar-refractivity contribution in [1.29, 1.82) is 0 Å². The Balaban J connectivity index is 2.07. The highest BCUT2D eigenvalue weighted by molar-refractivity contribution is 5.95. The summed E-state index contributed by atoms with van der Waals surface area (Å²) in [5, 5.41) is 12.9. The number of carbonyl (C=O) groups excluding carboxylic acids is 1. The van der Waals surface area contributed by atoms with Gasteiger partial charge >= 0.3 is 5.97 Å². The topological polar surface area (TPSA) is 75.4 Å². The molecule has 1 aromatic heterocycles. The number of likely N-dealkylation sites (tertiary alicyclic amines) is 1. The van der Waals surface area contributed by atoms with Crippen molar-refractivity contribution in [2.24, 2.45) is 13.0 Å². The minimum absolute atomic E-state index is 0.0410. The van der Waals surface area contributed by atoms with Crippen LogP contribution in [0.2, 0.25) is 0 Å². The first-order valence-electron chi connectivity index (χ1n) is 6.48. The predicted molar refractivity (Wildman–Crippen MR) is 68.8 cm³/mol. The molecule has 6 nitrogen and oxygen atoms in total. The van der Waals surface area contributed by atoms with E-state index in [0.717, 1.165) is 18.5 Å². The van der Waals surface area contributed by atoms with E-state index in [1.54, 1.807) is 22.8 Å². The molecule has 0 saturated carbocycles. The maximum Gasteiger partial charge on any atom is 0.303 e. The van der Waals surface area contributed by atoms with Gasteiger partial charge in [0.05, 0.1) is 11.8 Å². The van der Waals surface area contributed by atoms with Gasteiger partial charge in [-0.1, -0.05) is 0 Å². The highest BCUT2D eigenvalue weighted by Gasteiger charge is 2.27. The maximum absolute atomic E-state index is 12.4. The van der Waals surface area contributed by atoms with Crippen LogP contribution in [-0.4, -0.2) is 44.8 Å². The quantitative estimate of drug-likeness (QED) is 0.886. The van der Waals surface area contributed by atoms with Gasteiger partial charge in [0.2, 0.25) is 0 Å². The lowest BCUT2D eigenvalue weighted by Gasteiger charge is -2.32. The van der Waals surface area contributed by atoms with Crippen LogP contribution in [-0.2, 0) is 11.8 Å². The molecule has 1 fully saturated rings. The molecule has 1 saturated heterocycles. The van der Waals surface area contributed by atoms with Gasteiger partial charge in [-0.3, -0.25) is 14.3 Å². The second-order valence-corrected chi connectivity index (χ2v) is 5.12. The molecular formula is C13H19N3O3. The summed E-state index contributed by atoms with van der Waals surface area (Å²) in [6.07, 6.45) is 3.46. The van der Waals surface area contributed by atoms with Crippen LogP contribution >= 0.6 is 0 Å². The van der Waals surface area contributed by atoms with E-state index in [-0.39, 0.29) is 18.2 Å². The Morgan fingerprint density at radius 3 is 2.84 bits per heavy atom. The molecule has 2 heterocycles. The summed E-state index contributed by atoms with van der Waals surface area (Å²) in [7, 11) is 1.80. The van der Waals surface area contributed by atoms with Gasteiger partial charge in [0.15, 0.2) is 0 Å². The number of carboxylic acid groups (broad SMARTS) is 1. The first kappa shape index (κ1) is 13.6. The molecule has 19 heavy (non-hydrogen) atoms. The molecule has 0 bridgehead atoms. The van der Waals surface area contributed by atoms with Gasteiger partial charge in [0.25, 0.3) is 5.91 Å². The number of rotatable bonds is 3. The fourth-order valence-corrected chi connectivity index (χ4v) is 2.54. The minimum atomic E-state index is -0.795. The van der Waals surface area contributed by atoms with Crippen LogP contribution in [0.4, 0.5) is 0 Å². The van der Waals surface area contributed by atoms with Crippen molar-refractivity contribution in [2.45, 2.75) is 26.2 Å². The van der Waals surface area contributed by atoms with Gasteiger partial charge in [0.1, 0.15) is 0 Å². The molecule has 1 atom stereocenters. The van der Waals surface area contributed by atoms with Crippen LogP contribution in [0.1, 0.15) is 35.3 Å². The number of piperidine rings is 1. The van der Waals surface area contributed by atoms with Gasteiger partial charge in [-0.2, -0.15) is 5.10 Å². The summed E-state index contributed by atoms with van der Waals surface area (Å²) < 4.78 is 1.67. The first-order valence-corrected chi connectivity index (χ1v) is 6.48. The number of aromatic nitrogens is 2. The lowest BCUT2D eigenvalue weighted by atomic mass is 9.94. The third-order valence-corrected chi connectivity index (χ3v) is 3.74. The summed E-state index contributed by atoms with van der Waals surface area (Å²) >= 11 is 0. The van der Waals surface area contributed by atoms with Gasteiger partial charge in [-0.15, -0.1) is 0 Å². The SMILES string of the molecule is Cc1c(C(=O)N2CCCC(CC(=O)O)C2)cnn1C. The normalized spacial score (nSPS) is 19.5. The third kappa shape index (κ3) is 2.94. The van der Waals surface area contributed by atoms with E-state index in [2.05, 4.69) is 5.10 Å². The molecule has 2 rings (SSSR count). The zero-order valence-electron chi connectivity index (χ0n) is 11.3. The van der Waals surface area contributed by atoms with E-state index in [4.69, 9.17) is 5.11 Å². The van der Waals surface area contributed by atoms with Crippen molar-refractivity contribution in [3.63, 3.8) is 0 Å². The van der Waals surface area contributed by atoms with E-state index in [9.17, 15) is 9.59 Å². The third-order valence-electron chi connectivity index (χ3n) is 3.74. The number of hydrogen-bond acceptors (Lipinski definition) is 3. The van der Waals surface area contributed by atoms with Crippen molar-refractivity contribution < 1.29 is 14.7 Å². The first-order chi connectivity index (χ1) is 8.99. The molecule has 1 N–H and O–H groups in total. The van der Waals surface area contributed by atoms with Crippen LogP contribution in [0.25, 0.3) is 0 Å². The standard InChI is InChI=1S/C13H19N3O3/c1-9-11(7-14-15(9)2)13(19)16-5-3-4-10(8-16)6-12(17)18/h7,10H,3-6,8H2,1-2H3,(H,17,18).